The largest absolute Gasteiger partial charge is 0.348 e. The van der Waals surface area contributed by atoms with Crippen LogP contribution in [-0.2, 0) is 6.42 Å². The molecule has 0 saturated carbocycles. The van der Waals surface area contributed by atoms with Gasteiger partial charge in [0.1, 0.15) is 5.69 Å². The molecular formula is C14H14N4O5. The third kappa shape index (κ3) is 4.37. The van der Waals surface area contributed by atoms with Gasteiger partial charge in [0.05, 0.1) is 4.92 Å². The van der Waals surface area contributed by atoms with E-state index in [1.54, 1.807) is 19.1 Å². The first-order valence-corrected chi connectivity index (χ1v) is 6.73. The number of nitrogens with zero attached hydrogens (tertiary/aromatic N) is 1. The Morgan fingerprint density at radius 1 is 1.26 bits per heavy atom. The lowest BCUT2D eigenvalue weighted by Gasteiger charge is -2.13. The maximum absolute atomic E-state index is 12.0. The molecule has 1 aromatic carbocycles. The van der Waals surface area contributed by atoms with Crippen molar-refractivity contribution >= 4 is 11.6 Å². The smallest absolute Gasteiger partial charge is 0.326 e. The van der Waals surface area contributed by atoms with E-state index in [-0.39, 0.29) is 17.4 Å². The fourth-order valence-corrected chi connectivity index (χ4v) is 2.05. The van der Waals surface area contributed by atoms with E-state index >= 15 is 0 Å². The van der Waals surface area contributed by atoms with Gasteiger partial charge in [-0.2, -0.15) is 0 Å². The number of carbonyl (C=O) groups is 1. The molecule has 0 fully saturated rings. The number of nitro benzene ring substituents is 1. The van der Waals surface area contributed by atoms with Gasteiger partial charge in [0, 0.05) is 24.2 Å². The molecule has 0 aliphatic carbocycles. The number of hydrogen-bond donors (Lipinski definition) is 3. The monoisotopic (exact) mass is 318 g/mol. The average Bonchev–Trinajstić information content (AvgIpc) is 2.46. The summed E-state index contributed by atoms with van der Waals surface area (Å²) in [6.45, 7) is 1.74. The number of non-ortho nitro benzene ring substituents is 1. The minimum absolute atomic E-state index is 0.00785. The van der Waals surface area contributed by atoms with E-state index in [9.17, 15) is 24.5 Å². The molecule has 9 heteroatoms. The van der Waals surface area contributed by atoms with Gasteiger partial charge in [-0.3, -0.25) is 24.7 Å². The molecule has 1 heterocycles. The fraction of sp³-hybridized carbons (Fsp3) is 0.214. The van der Waals surface area contributed by atoms with E-state index in [4.69, 9.17) is 0 Å². The van der Waals surface area contributed by atoms with Gasteiger partial charge < -0.3 is 10.3 Å². The van der Waals surface area contributed by atoms with Crippen molar-refractivity contribution in [3.05, 3.63) is 72.5 Å². The van der Waals surface area contributed by atoms with Crippen LogP contribution in [0.15, 0.2) is 39.9 Å². The van der Waals surface area contributed by atoms with E-state index in [1.807, 2.05) is 4.98 Å². The molecule has 1 aromatic heterocycles. The number of H-pyrrole nitrogens is 2. The summed E-state index contributed by atoms with van der Waals surface area (Å²) in [6, 6.07) is 6.68. The maximum atomic E-state index is 12.0. The van der Waals surface area contributed by atoms with Crippen molar-refractivity contribution in [1.82, 2.24) is 15.3 Å². The second-order valence-corrected chi connectivity index (χ2v) is 5.00. The zero-order chi connectivity index (χ0) is 17.0. The first-order valence-electron chi connectivity index (χ1n) is 6.73. The number of nitro groups is 1. The molecule has 23 heavy (non-hydrogen) atoms. The predicted octanol–water partition coefficient (Wildman–Crippen LogP) is 0.332. The summed E-state index contributed by atoms with van der Waals surface area (Å²) in [5, 5.41) is 13.2. The highest BCUT2D eigenvalue weighted by atomic mass is 16.6. The van der Waals surface area contributed by atoms with Crippen LogP contribution in [0.2, 0.25) is 0 Å². The Hall–Kier alpha value is -3.23. The number of hydrogen-bond acceptors (Lipinski definition) is 5. The van der Waals surface area contributed by atoms with Crippen LogP contribution in [0.1, 0.15) is 23.0 Å². The molecule has 120 valence electrons. The van der Waals surface area contributed by atoms with Crippen LogP contribution < -0.4 is 16.6 Å². The van der Waals surface area contributed by atoms with Crippen LogP contribution in [0.25, 0.3) is 0 Å². The molecule has 0 aliphatic rings. The summed E-state index contributed by atoms with van der Waals surface area (Å²) in [5.74, 6) is -0.581. The Bertz CT molecular complexity index is 809. The highest BCUT2D eigenvalue weighted by molar-refractivity contribution is 5.92. The van der Waals surface area contributed by atoms with Gasteiger partial charge in [0.2, 0.25) is 0 Å². The lowest BCUT2D eigenvalue weighted by molar-refractivity contribution is -0.384. The van der Waals surface area contributed by atoms with Crippen LogP contribution in [0.5, 0.6) is 0 Å². The second-order valence-electron chi connectivity index (χ2n) is 5.00. The average molecular weight is 318 g/mol. The Labute approximate surface area is 129 Å². The van der Waals surface area contributed by atoms with Gasteiger partial charge in [0.15, 0.2) is 0 Å². The molecule has 0 spiro atoms. The van der Waals surface area contributed by atoms with E-state index in [2.05, 4.69) is 10.3 Å². The molecule has 3 N–H and O–H groups in total. The second kappa shape index (κ2) is 6.69. The third-order valence-electron chi connectivity index (χ3n) is 3.07. The van der Waals surface area contributed by atoms with Crippen molar-refractivity contribution in [3.8, 4) is 0 Å². The SMILES string of the molecule is C[C@@H](Cc1ccc([N+](=O)[O-])cc1)NC(=O)c1cc(=O)[nH]c(=O)[nH]1. The number of rotatable bonds is 5. The van der Waals surface area contributed by atoms with Crippen molar-refractivity contribution < 1.29 is 9.72 Å². The summed E-state index contributed by atoms with van der Waals surface area (Å²) < 4.78 is 0. The first-order chi connectivity index (χ1) is 10.8. The number of nitrogens with one attached hydrogen (secondary N) is 3. The van der Waals surface area contributed by atoms with Gasteiger partial charge in [-0.05, 0) is 18.9 Å². The van der Waals surface area contributed by atoms with E-state index in [0.29, 0.717) is 6.42 Å². The zero-order valence-electron chi connectivity index (χ0n) is 12.2. The van der Waals surface area contributed by atoms with E-state index in [0.717, 1.165) is 11.6 Å². The molecule has 0 bridgehead atoms. The van der Waals surface area contributed by atoms with E-state index in [1.165, 1.54) is 12.1 Å². The quantitative estimate of drug-likeness (QED) is 0.539. The molecule has 2 rings (SSSR count). The number of carbonyl (C=O) groups excluding carboxylic acids is 1. The van der Waals surface area contributed by atoms with Crippen LogP contribution in [-0.4, -0.2) is 26.8 Å². The third-order valence-corrected chi connectivity index (χ3v) is 3.07. The van der Waals surface area contributed by atoms with E-state index < -0.39 is 22.1 Å². The van der Waals surface area contributed by atoms with Crippen molar-refractivity contribution in [3.63, 3.8) is 0 Å². The Balaban J connectivity index is 2.02. The maximum Gasteiger partial charge on any atom is 0.326 e. The lowest BCUT2D eigenvalue weighted by atomic mass is 10.1. The van der Waals surface area contributed by atoms with Crippen molar-refractivity contribution in [2.24, 2.45) is 0 Å². The molecule has 1 atom stereocenters. The summed E-state index contributed by atoms with van der Waals surface area (Å²) >= 11 is 0. The van der Waals surface area contributed by atoms with Gasteiger partial charge in [-0.25, -0.2) is 4.79 Å². The Kier molecular flexibility index (Phi) is 4.69. The molecular weight excluding hydrogens is 304 g/mol. The van der Waals surface area contributed by atoms with Gasteiger partial charge in [0.25, 0.3) is 17.2 Å². The topological polar surface area (TPSA) is 138 Å². The van der Waals surface area contributed by atoms with Gasteiger partial charge in [-0.15, -0.1) is 0 Å². The van der Waals surface area contributed by atoms with Crippen LogP contribution in [0.3, 0.4) is 0 Å². The summed E-state index contributed by atoms with van der Waals surface area (Å²) in [4.78, 5) is 48.6. The first kappa shape index (κ1) is 16.1. The lowest BCUT2D eigenvalue weighted by Crippen LogP contribution is -2.37. The van der Waals surface area contributed by atoms with Gasteiger partial charge >= 0.3 is 5.69 Å². The van der Waals surface area contributed by atoms with Crippen LogP contribution >= 0.6 is 0 Å². The van der Waals surface area contributed by atoms with Crippen molar-refractivity contribution in [2.75, 3.05) is 0 Å². The standard InChI is InChI=1S/C14H14N4O5/c1-8(6-9-2-4-10(5-3-9)18(22)23)15-13(20)11-7-12(19)17-14(21)16-11/h2-5,7-8H,6H2,1H3,(H,15,20)(H2,16,17,19,21)/t8-/m0/s1. The Morgan fingerprint density at radius 2 is 1.91 bits per heavy atom. The summed E-state index contributed by atoms with van der Waals surface area (Å²) in [7, 11) is 0. The van der Waals surface area contributed by atoms with Crippen molar-refractivity contribution in [2.45, 2.75) is 19.4 Å². The molecule has 1 amide bonds. The number of amides is 1. The predicted molar refractivity (Wildman–Crippen MR) is 81.4 cm³/mol. The zero-order valence-corrected chi connectivity index (χ0v) is 12.2. The van der Waals surface area contributed by atoms with Crippen LogP contribution in [0, 0.1) is 10.1 Å². The summed E-state index contributed by atoms with van der Waals surface area (Å²) in [5.41, 5.74) is -0.753. The van der Waals surface area contributed by atoms with Crippen molar-refractivity contribution in [1.29, 1.82) is 0 Å². The minimum atomic E-state index is -0.759. The fourth-order valence-electron chi connectivity index (χ4n) is 2.05. The van der Waals surface area contributed by atoms with Gasteiger partial charge in [-0.1, -0.05) is 12.1 Å². The highest BCUT2D eigenvalue weighted by Gasteiger charge is 2.13. The molecule has 2 aromatic rings. The number of aromatic nitrogens is 2. The molecule has 0 saturated heterocycles. The molecule has 0 radical (unpaired) electrons. The van der Waals surface area contributed by atoms with Crippen LogP contribution in [0.4, 0.5) is 5.69 Å². The Morgan fingerprint density at radius 3 is 2.48 bits per heavy atom. The highest BCUT2D eigenvalue weighted by Crippen LogP contribution is 2.13. The number of aromatic amines is 2. The minimum Gasteiger partial charge on any atom is -0.348 e. The molecule has 9 nitrogen and oxygen atoms in total. The number of benzene rings is 1. The normalized spacial score (nSPS) is 11.7. The molecule has 0 aliphatic heterocycles. The molecule has 0 unspecified atom stereocenters. The summed E-state index contributed by atoms with van der Waals surface area (Å²) in [6.07, 6.45) is 0.442.